The lowest BCUT2D eigenvalue weighted by Crippen LogP contribution is -2.28. The van der Waals surface area contributed by atoms with Gasteiger partial charge in [-0.25, -0.2) is 4.98 Å². The van der Waals surface area contributed by atoms with Crippen LogP contribution < -0.4 is 10.9 Å². The summed E-state index contributed by atoms with van der Waals surface area (Å²) in [7, 11) is 0. The fourth-order valence-corrected chi connectivity index (χ4v) is 3.64. The molecule has 0 bridgehead atoms. The van der Waals surface area contributed by atoms with Crippen molar-refractivity contribution in [1.29, 1.82) is 0 Å². The van der Waals surface area contributed by atoms with Crippen molar-refractivity contribution in [2.24, 2.45) is 0 Å². The van der Waals surface area contributed by atoms with Gasteiger partial charge in [-0.2, -0.15) is 0 Å². The molecule has 0 radical (unpaired) electrons. The van der Waals surface area contributed by atoms with Crippen molar-refractivity contribution in [3.05, 3.63) is 70.3 Å². The lowest BCUT2D eigenvalue weighted by atomic mass is 10.1. The minimum atomic E-state index is -0.310. The largest absolute Gasteiger partial charge is 0.338 e. The molecule has 7 nitrogen and oxygen atoms in total. The maximum Gasteiger partial charge on any atom is 0.261 e. The number of carbonyl (C=O) groups excluding carboxylic acids is 2. The van der Waals surface area contributed by atoms with Crippen LogP contribution in [0.1, 0.15) is 24.0 Å². The Bertz CT molecular complexity index is 1150. The van der Waals surface area contributed by atoms with Gasteiger partial charge in [0, 0.05) is 25.2 Å². The van der Waals surface area contributed by atoms with Crippen LogP contribution in [0.3, 0.4) is 0 Å². The number of carbonyl (C=O) groups is 2. The zero-order chi connectivity index (χ0) is 20.4. The number of amides is 2. The highest BCUT2D eigenvalue weighted by Gasteiger charge is 2.20. The Morgan fingerprint density at radius 1 is 1.17 bits per heavy atom. The minimum Gasteiger partial charge on any atom is -0.338 e. The van der Waals surface area contributed by atoms with Gasteiger partial charge in [0.05, 0.1) is 17.2 Å². The molecule has 2 heterocycles. The lowest BCUT2D eigenvalue weighted by Gasteiger charge is -2.16. The standard InChI is InChI=1S/C22H22N4O3/c1-15-5-2-8-18-21(15)23-14-26(22(18)29)13-19(27)24-17-7-3-6-16(11-17)12-25-10-4-9-20(25)28/h2-3,5-8,11,14H,4,9-10,12-13H2,1H3,(H,24,27). The first-order valence-electron chi connectivity index (χ1n) is 9.62. The van der Waals surface area contributed by atoms with Crippen LogP contribution in [0, 0.1) is 6.92 Å². The number of hydrogen-bond acceptors (Lipinski definition) is 4. The molecule has 1 aromatic heterocycles. The summed E-state index contributed by atoms with van der Waals surface area (Å²) in [6, 6.07) is 12.8. The molecule has 148 valence electrons. The monoisotopic (exact) mass is 390 g/mol. The molecule has 1 aliphatic heterocycles. The number of nitrogens with one attached hydrogen (secondary N) is 1. The Morgan fingerprint density at radius 3 is 2.79 bits per heavy atom. The number of benzene rings is 2. The van der Waals surface area contributed by atoms with Crippen molar-refractivity contribution >= 4 is 28.4 Å². The van der Waals surface area contributed by atoms with Gasteiger partial charge in [0.2, 0.25) is 11.8 Å². The summed E-state index contributed by atoms with van der Waals surface area (Å²) in [5.41, 5.74) is 2.92. The lowest BCUT2D eigenvalue weighted by molar-refractivity contribution is -0.128. The van der Waals surface area contributed by atoms with E-state index in [-0.39, 0.29) is 23.9 Å². The molecule has 1 fully saturated rings. The van der Waals surface area contributed by atoms with E-state index in [0.717, 1.165) is 24.1 Å². The average Bonchev–Trinajstić information content (AvgIpc) is 3.09. The van der Waals surface area contributed by atoms with Crippen LogP contribution in [-0.2, 0) is 22.7 Å². The SMILES string of the molecule is Cc1cccc2c(=O)n(CC(=O)Nc3cccc(CN4CCCC4=O)c3)cnc12. The van der Waals surface area contributed by atoms with Crippen LogP contribution in [0.2, 0.25) is 0 Å². The molecule has 1 N–H and O–H groups in total. The summed E-state index contributed by atoms with van der Waals surface area (Å²) < 4.78 is 1.31. The smallest absolute Gasteiger partial charge is 0.261 e. The first kappa shape index (κ1) is 18.9. The van der Waals surface area contributed by atoms with E-state index in [1.807, 2.05) is 42.2 Å². The first-order chi connectivity index (χ1) is 14.0. The second-order valence-corrected chi connectivity index (χ2v) is 7.32. The van der Waals surface area contributed by atoms with Crippen LogP contribution >= 0.6 is 0 Å². The molecule has 4 rings (SSSR count). The van der Waals surface area contributed by atoms with Gasteiger partial charge in [0.15, 0.2) is 0 Å². The van der Waals surface area contributed by atoms with Crippen molar-refractivity contribution in [1.82, 2.24) is 14.5 Å². The van der Waals surface area contributed by atoms with E-state index >= 15 is 0 Å². The normalized spacial score (nSPS) is 13.8. The maximum atomic E-state index is 12.7. The molecule has 0 atom stereocenters. The zero-order valence-electron chi connectivity index (χ0n) is 16.2. The minimum absolute atomic E-state index is 0.120. The van der Waals surface area contributed by atoms with Crippen LogP contribution in [0.4, 0.5) is 5.69 Å². The highest BCUT2D eigenvalue weighted by atomic mass is 16.2. The molecule has 0 saturated carbocycles. The molecule has 2 amide bonds. The Morgan fingerprint density at radius 2 is 2.00 bits per heavy atom. The summed E-state index contributed by atoms with van der Waals surface area (Å²) in [6.45, 7) is 3.09. The van der Waals surface area contributed by atoms with Crippen LogP contribution in [0.15, 0.2) is 53.6 Å². The summed E-state index contributed by atoms with van der Waals surface area (Å²) >= 11 is 0. The average molecular weight is 390 g/mol. The number of fused-ring (bicyclic) bond motifs is 1. The highest BCUT2D eigenvalue weighted by molar-refractivity contribution is 5.91. The third-order valence-corrected chi connectivity index (χ3v) is 5.12. The summed E-state index contributed by atoms with van der Waals surface area (Å²) in [5, 5.41) is 3.32. The number of anilines is 1. The summed E-state index contributed by atoms with van der Waals surface area (Å²) in [5.74, 6) is -0.145. The van der Waals surface area contributed by atoms with Gasteiger partial charge in [0.1, 0.15) is 6.54 Å². The Hall–Kier alpha value is -3.48. The molecular weight excluding hydrogens is 368 g/mol. The van der Waals surface area contributed by atoms with Crippen molar-refractivity contribution in [3.8, 4) is 0 Å². The molecule has 7 heteroatoms. The number of rotatable bonds is 5. The molecule has 1 aliphatic rings. The molecule has 1 saturated heterocycles. The van der Waals surface area contributed by atoms with Gasteiger partial charge in [0.25, 0.3) is 5.56 Å². The number of hydrogen-bond donors (Lipinski definition) is 1. The van der Waals surface area contributed by atoms with Crippen molar-refractivity contribution in [2.75, 3.05) is 11.9 Å². The number of likely N-dealkylation sites (tertiary alicyclic amines) is 1. The number of aryl methyl sites for hydroxylation is 1. The molecule has 0 spiro atoms. The van der Waals surface area contributed by atoms with E-state index in [1.165, 1.54) is 10.9 Å². The fraction of sp³-hybridized carbons (Fsp3) is 0.273. The molecule has 29 heavy (non-hydrogen) atoms. The number of para-hydroxylation sites is 1. The van der Waals surface area contributed by atoms with Crippen molar-refractivity contribution in [2.45, 2.75) is 32.9 Å². The Labute approximate surface area is 168 Å². The van der Waals surface area contributed by atoms with E-state index in [9.17, 15) is 14.4 Å². The van der Waals surface area contributed by atoms with E-state index in [0.29, 0.717) is 29.6 Å². The summed E-state index contributed by atoms with van der Waals surface area (Å²) in [4.78, 5) is 43.1. The molecular formula is C22H22N4O3. The molecule has 3 aromatic rings. The predicted octanol–water partition coefficient (Wildman–Crippen LogP) is 2.47. The van der Waals surface area contributed by atoms with Gasteiger partial charge in [-0.05, 0) is 42.7 Å². The van der Waals surface area contributed by atoms with Crippen molar-refractivity contribution in [3.63, 3.8) is 0 Å². The maximum absolute atomic E-state index is 12.7. The van der Waals surface area contributed by atoms with E-state index < -0.39 is 0 Å². The van der Waals surface area contributed by atoms with Gasteiger partial charge in [-0.15, -0.1) is 0 Å². The number of aromatic nitrogens is 2. The van der Waals surface area contributed by atoms with E-state index in [2.05, 4.69) is 10.3 Å². The van der Waals surface area contributed by atoms with Gasteiger partial charge < -0.3 is 10.2 Å². The van der Waals surface area contributed by atoms with Crippen molar-refractivity contribution < 1.29 is 9.59 Å². The van der Waals surface area contributed by atoms with Gasteiger partial charge in [-0.1, -0.05) is 24.3 Å². The number of nitrogens with zero attached hydrogens (tertiary/aromatic N) is 3. The van der Waals surface area contributed by atoms with E-state index in [4.69, 9.17) is 0 Å². The predicted molar refractivity (Wildman–Crippen MR) is 110 cm³/mol. The molecule has 2 aromatic carbocycles. The molecule has 0 aliphatic carbocycles. The van der Waals surface area contributed by atoms with E-state index in [1.54, 1.807) is 12.1 Å². The highest BCUT2D eigenvalue weighted by Crippen LogP contribution is 2.17. The fourth-order valence-electron chi connectivity index (χ4n) is 3.64. The quantitative estimate of drug-likeness (QED) is 0.725. The Kier molecular flexibility index (Phi) is 5.12. The first-order valence-corrected chi connectivity index (χ1v) is 9.62. The second-order valence-electron chi connectivity index (χ2n) is 7.32. The third kappa shape index (κ3) is 4.03. The Balaban J connectivity index is 1.47. The topological polar surface area (TPSA) is 84.3 Å². The third-order valence-electron chi connectivity index (χ3n) is 5.12. The summed E-state index contributed by atoms with van der Waals surface area (Å²) in [6.07, 6.45) is 2.90. The van der Waals surface area contributed by atoms with Crippen LogP contribution in [-0.4, -0.2) is 32.8 Å². The van der Waals surface area contributed by atoms with Gasteiger partial charge in [-0.3, -0.25) is 19.0 Å². The van der Waals surface area contributed by atoms with Crippen LogP contribution in [0.5, 0.6) is 0 Å². The molecule has 0 unspecified atom stereocenters. The zero-order valence-corrected chi connectivity index (χ0v) is 16.2. The van der Waals surface area contributed by atoms with Crippen LogP contribution in [0.25, 0.3) is 10.9 Å². The van der Waals surface area contributed by atoms with Gasteiger partial charge >= 0.3 is 0 Å². The second kappa shape index (κ2) is 7.87.